The second-order valence-corrected chi connectivity index (χ2v) is 4.94. The molecular formula is C16H18ClNO3. The zero-order chi connectivity index (χ0) is 15.2. The molecule has 0 fully saturated rings. The van der Waals surface area contributed by atoms with E-state index >= 15 is 0 Å². The van der Waals surface area contributed by atoms with Gasteiger partial charge in [-0.2, -0.15) is 0 Å². The Hall–Kier alpha value is -1.91. The third-order valence-corrected chi connectivity index (χ3v) is 3.43. The second kappa shape index (κ2) is 7.20. The van der Waals surface area contributed by atoms with Crippen LogP contribution in [-0.4, -0.2) is 25.9 Å². The van der Waals surface area contributed by atoms with Crippen molar-refractivity contribution in [1.82, 2.24) is 0 Å². The maximum Gasteiger partial charge on any atom is 0.161 e. The van der Waals surface area contributed by atoms with E-state index in [1.807, 2.05) is 30.3 Å². The van der Waals surface area contributed by atoms with E-state index in [4.69, 9.17) is 21.1 Å². The molecule has 0 aliphatic carbocycles. The molecule has 0 bridgehead atoms. The maximum absolute atomic E-state index is 9.62. The number of halogens is 1. The molecule has 1 unspecified atom stereocenters. The van der Waals surface area contributed by atoms with Crippen LogP contribution in [0.4, 0.5) is 5.69 Å². The summed E-state index contributed by atoms with van der Waals surface area (Å²) in [6, 6.07) is 12.6. The van der Waals surface area contributed by atoms with Crippen molar-refractivity contribution in [3.8, 4) is 11.5 Å². The number of nitrogens with one attached hydrogen (secondary N) is 1. The number of rotatable bonds is 6. The molecule has 0 radical (unpaired) electrons. The van der Waals surface area contributed by atoms with Gasteiger partial charge in [-0.1, -0.05) is 17.7 Å². The van der Waals surface area contributed by atoms with Crippen LogP contribution in [0.5, 0.6) is 11.5 Å². The van der Waals surface area contributed by atoms with E-state index in [2.05, 4.69) is 5.32 Å². The number of benzene rings is 2. The summed E-state index contributed by atoms with van der Waals surface area (Å²) in [5.74, 6) is 1.29. The van der Waals surface area contributed by atoms with Gasteiger partial charge in [-0.3, -0.25) is 0 Å². The largest absolute Gasteiger partial charge is 0.493 e. The first kappa shape index (κ1) is 15.5. The van der Waals surface area contributed by atoms with Crippen molar-refractivity contribution < 1.29 is 14.6 Å². The highest BCUT2D eigenvalue weighted by molar-refractivity contribution is 6.30. The molecule has 112 valence electrons. The molecule has 0 amide bonds. The SMILES string of the molecule is COc1ccc(C(CO)Nc2ccc(Cl)cc2)cc1OC. The molecule has 5 heteroatoms. The molecule has 2 rings (SSSR count). The van der Waals surface area contributed by atoms with Gasteiger partial charge >= 0.3 is 0 Å². The van der Waals surface area contributed by atoms with Crippen molar-refractivity contribution in [3.63, 3.8) is 0 Å². The molecule has 21 heavy (non-hydrogen) atoms. The highest BCUT2D eigenvalue weighted by Gasteiger charge is 2.13. The van der Waals surface area contributed by atoms with E-state index < -0.39 is 0 Å². The van der Waals surface area contributed by atoms with E-state index in [0.717, 1.165) is 11.3 Å². The predicted octanol–water partition coefficient (Wildman–Crippen LogP) is 3.50. The third kappa shape index (κ3) is 3.80. The van der Waals surface area contributed by atoms with Crippen LogP contribution in [0, 0.1) is 0 Å². The van der Waals surface area contributed by atoms with Crippen molar-refractivity contribution in [2.75, 3.05) is 26.1 Å². The van der Waals surface area contributed by atoms with Gasteiger partial charge in [-0.15, -0.1) is 0 Å². The maximum atomic E-state index is 9.62. The molecule has 0 saturated carbocycles. The number of hydrogen-bond donors (Lipinski definition) is 2. The quantitative estimate of drug-likeness (QED) is 0.857. The lowest BCUT2D eigenvalue weighted by Crippen LogP contribution is -2.15. The van der Waals surface area contributed by atoms with E-state index in [1.54, 1.807) is 26.4 Å². The van der Waals surface area contributed by atoms with Crippen LogP contribution in [0.3, 0.4) is 0 Å². The Morgan fingerprint density at radius 2 is 1.71 bits per heavy atom. The first-order valence-electron chi connectivity index (χ1n) is 6.52. The minimum Gasteiger partial charge on any atom is -0.493 e. The number of hydrogen-bond acceptors (Lipinski definition) is 4. The fraction of sp³-hybridized carbons (Fsp3) is 0.250. The van der Waals surface area contributed by atoms with Crippen molar-refractivity contribution in [2.24, 2.45) is 0 Å². The molecule has 0 saturated heterocycles. The summed E-state index contributed by atoms with van der Waals surface area (Å²) < 4.78 is 10.5. The molecule has 2 aromatic carbocycles. The van der Waals surface area contributed by atoms with E-state index in [1.165, 1.54) is 0 Å². The Balaban J connectivity index is 2.22. The molecular weight excluding hydrogens is 290 g/mol. The highest BCUT2D eigenvalue weighted by atomic mass is 35.5. The summed E-state index contributed by atoms with van der Waals surface area (Å²) in [6.07, 6.45) is 0. The zero-order valence-corrected chi connectivity index (χ0v) is 12.7. The average Bonchev–Trinajstić information content (AvgIpc) is 2.53. The van der Waals surface area contributed by atoms with Gasteiger partial charge < -0.3 is 19.9 Å². The van der Waals surface area contributed by atoms with Gasteiger partial charge in [-0.05, 0) is 42.0 Å². The van der Waals surface area contributed by atoms with Crippen LogP contribution in [-0.2, 0) is 0 Å². The van der Waals surface area contributed by atoms with Gasteiger partial charge in [0.15, 0.2) is 11.5 Å². The smallest absolute Gasteiger partial charge is 0.161 e. The monoisotopic (exact) mass is 307 g/mol. The van der Waals surface area contributed by atoms with Crippen molar-refractivity contribution >= 4 is 17.3 Å². The fourth-order valence-electron chi connectivity index (χ4n) is 2.05. The van der Waals surface area contributed by atoms with E-state index in [-0.39, 0.29) is 12.6 Å². The molecule has 0 aliphatic rings. The van der Waals surface area contributed by atoms with Crippen molar-refractivity contribution in [2.45, 2.75) is 6.04 Å². The Morgan fingerprint density at radius 1 is 1.05 bits per heavy atom. The topological polar surface area (TPSA) is 50.7 Å². The lowest BCUT2D eigenvalue weighted by molar-refractivity contribution is 0.275. The fourth-order valence-corrected chi connectivity index (χ4v) is 2.18. The van der Waals surface area contributed by atoms with Crippen LogP contribution in [0.2, 0.25) is 5.02 Å². The van der Waals surface area contributed by atoms with Crippen LogP contribution in [0.15, 0.2) is 42.5 Å². The van der Waals surface area contributed by atoms with E-state index in [0.29, 0.717) is 16.5 Å². The summed E-state index contributed by atoms with van der Waals surface area (Å²) in [5, 5.41) is 13.6. The Morgan fingerprint density at radius 3 is 2.29 bits per heavy atom. The Labute approximate surface area is 129 Å². The van der Waals surface area contributed by atoms with E-state index in [9.17, 15) is 5.11 Å². The van der Waals surface area contributed by atoms with Crippen molar-refractivity contribution in [3.05, 3.63) is 53.1 Å². The molecule has 0 aliphatic heterocycles. The first-order chi connectivity index (χ1) is 10.2. The normalized spacial score (nSPS) is 11.8. The number of aliphatic hydroxyl groups is 1. The molecule has 2 aromatic rings. The van der Waals surface area contributed by atoms with Gasteiger partial charge in [0.05, 0.1) is 26.9 Å². The van der Waals surface area contributed by atoms with Gasteiger partial charge in [0, 0.05) is 10.7 Å². The molecule has 0 aromatic heterocycles. The van der Waals surface area contributed by atoms with Gasteiger partial charge in [0.1, 0.15) is 0 Å². The van der Waals surface area contributed by atoms with Crippen LogP contribution in [0.25, 0.3) is 0 Å². The number of ether oxygens (including phenoxy) is 2. The standard InChI is InChI=1S/C16H18ClNO3/c1-20-15-8-3-11(9-16(15)21-2)14(10-19)18-13-6-4-12(17)5-7-13/h3-9,14,18-19H,10H2,1-2H3. The summed E-state index contributed by atoms with van der Waals surface area (Å²) in [7, 11) is 3.18. The average molecular weight is 308 g/mol. The third-order valence-electron chi connectivity index (χ3n) is 3.18. The summed E-state index contributed by atoms with van der Waals surface area (Å²) in [6.45, 7) is -0.0435. The molecule has 2 N–H and O–H groups in total. The Bertz CT molecular complexity index is 587. The second-order valence-electron chi connectivity index (χ2n) is 4.50. The number of anilines is 1. The lowest BCUT2D eigenvalue weighted by Gasteiger charge is -2.19. The lowest BCUT2D eigenvalue weighted by atomic mass is 10.1. The van der Waals surface area contributed by atoms with Crippen LogP contribution in [0.1, 0.15) is 11.6 Å². The predicted molar refractivity (Wildman–Crippen MR) is 84.4 cm³/mol. The Kier molecular flexibility index (Phi) is 5.31. The summed E-state index contributed by atoms with van der Waals surface area (Å²) in [5.41, 5.74) is 1.79. The number of aliphatic hydroxyl groups excluding tert-OH is 1. The van der Waals surface area contributed by atoms with Gasteiger partial charge in [-0.25, -0.2) is 0 Å². The van der Waals surface area contributed by atoms with Crippen LogP contribution >= 0.6 is 11.6 Å². The highest BCUT2D eigenvalue weighted by Crippen LogP contribution is 2.31. The first-order valence-corrected chi connectivity index (χ1v) is 6.90. The van der Waals surface area contributed by atoms with Gasteiger partial charge in [0.25, 0.3) is 0 Å². The minimum atomic E-state index is -0.244. The number of methoxy groups -OCH3 is 2. The summed E-state index contributed by atoms with van der Waals surface area (Å²) >= 11 is 5.86. The van der Waals surface area contributed by atoms with Crippen molar-refractivity contribution in [1.29, 1.82) is 0 Å². The minimum absolute atomic E-state index is 0.0435. The molecule has 0 heterocycles. The zero-order valence-electron chi connectivity index (χ0n) is 12.0. The van der Waals surface area contributed by atoms with Crippen LogP contribution < -0.4 is 14.8 Å². The molecule has 4 nitrogen and oxygen atoms in total. The summed E-state index contributed by atoms with van der Waals surface area (Å²) in [4.78, 5) is 0. The van der Waals surface area contributed by atoms with Gasteiger partial charge in [0.2, 0.25) is 0 Å². The molecule has 0 spiro atoms. The molecule has 1 atom stereocenters.